The van der Waals surface area contributed by atoms with Gasteiger partial charge in [-0.05, 0) is 75.2 Å². The molecule has 0 saturated carbocycles. The van der Waals surface area contributed by atoms with E-state index in [-0.39, 0.29) is 29.5 Å². The molecule has 8 amide bonds. The van der Waals surface area contributed by atoms with E-state index in [0.29, 0.717) is 55.7 Å². The Morgan fingerprint density at radius 1 is 0.732 bits per heavy atom. The van der Waals surface area contributed by atoms with E-state index in [9.17, 15) is 24.0 Å². The number of carbonyl (C=O) groups excluding carboxylic acids is 5. The highest BCUT2D eigenvalue weighted by atomic mass is 16.2. The van der Waals surface area contributed by atoms with Crippen molar-refractivity contribution in [3.63, 3.8) is 0 Å². The van der Waals surface area contributed by atoms with Gasteiger partial charge in [-0.2, -0.15) is 0 Å². The third-order valence-electron chi connectivity index (χ3n) is 9.58. The van der Waals surface area contributed by atoms with E-state index in [0.717, 1.165) is 28.5 Å². The van der Waals surface area contributed by atoms with Crippen LogP contribution in [0.5, 0.6) is 0 Å². The topological polar surface area (TPSA) is 221 Å². The molecule has 4 fully saturated rings. The zero-order chi connectivity index (χ0) is 39.7. The van der Waals surface area contributed by atoms with Crippen LogP contribution in [0.4, 0.5) is 37.4 Å². The Morgan fingerprint density at radius 2 is 1.25 bits per heavy atom. The minimum absolute atomic E-state index is 0.181. The van der Waals surface area contributed by atoms with Crippen molar-refractivity contribution in [3.8, 4) is 24.7 Å². The van der Waals surface area contributed by atoms with Crippen LogP contribution in [0, 0.1) is 24.7 Å². The van der Waals surface area contributed by atoms with Crippen LogP contribution < -0.4 is 36.8 Å². The van der Waals surface area contributed by atoms with Crippen LogP contribution in [0.2, 0.25) is 0 Å². The number of aromatic nitrogens is 4. The Morgan fingerprint density at radius 3 is 1.73 bits per heavy atom. The number of rotatable bonds is 3. The summed E-state index contributed by atoms with van der Waals surface area (Å²) in [6.07, 6.45) is 21.0. The minimum Gasteiger partial charge on any atom is -0.399 e. The number of terminal acetylenes is 2. The molecule has 0 bridgehead atoms. The predicted octanol–water partition coefficient (Wildman–Crippen LogP) is 2.49. The Hall–Kier alpha value is -7.37. The number of carbonyl (C=O) groups is 5. The molecule has 2 spiro atoms. The molecular formula is C39H38N12O5. The Kier molecular flexibility index (Phi) is 11.5. The van der Waals surface area contributed by atoms with E-state index >= 15 is 0 Å². The number of likely N-dealkylation sites (tertiary alicyclic amines) is 1. The maximum atomic E-state index is 13.0. The molecular weight excluding hydrogens is 717 g/mol. The molecule has 0 atom stereocenters. The smallest absolute Gasteiger partial charge is 0.330 e. The molecule has 0 aliphatic carbocycles. The average molecular weight is 755 g/mol. The van der Waals surface area contributed by atoms with Crippen LogP contribution in [0.3, 0.4) is 0 Å². The summed E-state index contributed by atoms with van der Waals surface area (Å²) in [5.74, 6) is 4.87. The molecule has 2 aromatic carbocycles. The summed E-state index contributed by atoms with van der Waals surface area (Å²) in [5, 5.41) is 11.6. The first kappa shape index (κ1) is 38.4. The average Bonchev–Trinajstić information content (AvgIpc) is 3.61. The van der Waals surface area contributed by atoms with Crippen molar-refractivity contribution in [1.82, 2.24) is 40.8 Å². The van der Waals surface area contributed by atoms with Gasteiger partial charge in [-0.3, -0.25) is 19.6 Å². The standard InChI is InChI=1S/C20H18N6O3.C11H13N5O2.C8H7N/c1-2-14-4-3-5-15(12-14)23-18(28)25-10-6-20(7-11-25)17(27)26(19(29)24-20)16-13-21-8-9-22-16;17-9-11(1-3-12-4-2-11)15-10(18)16(9)8-7-13-5-6-14-8;1-2-7-4-3-5-8(9)6-7/h1,3-5,8-9,12-13H,6-7,10-11H2,(H,23,28)(H,24,29);5-7,12H,1-4H2,(H,15,18);1,3-6H,9H2. The zero-order valence-electron chi connectivity index (χ0n) is 30.1. The van der Waals surface area contributed by atoms with Crippen LogP contribution in [-0.4, -0.2) is 92.0 Å². The largest absolute Gasteiger partial charge is 0.399 e. The summed E-state index contributed by atoms with van der Waals surface area (Å²) >= 11 is 0. The second kappa shape index (κ2) is 16.8. The van der Waals surface area contributed by atoms with Gasteiger partial charge in [0.2, 0.25) is 0 Å². The van der Waals surface area contributed by atoms with Crippen molar-refractivity contribution in [1.29, 1.82) is 0 Å². The first-order valence-corrected chi connectivity index (χ1v) is 17.6. The van der Waals surface area contributed by atoms with Gasteiger partial charge in [0.05, 0.1) is 12.4 Å². The van der Waals surface area contributed by atoms with Crippen LogP contribution in [-0.2, 0) is 9.59 Å². The van der Waals surface area contributed by atoms with E-state index in [1.807, 2.05) is 12.1 Å². The van der Waals surface area contributed by atoms with E-state index < -0.39 is 23.1 Å². The molecule has 17 nitrogen and oxygen atoms in total. The molecule has 8 rings (SSSR count). The number of urea groups is 3. The van der Waals surface area contributed by atoms with E-state index in [1.165, 1.54) is 37.2 Å². The molecule has 0 unspecified atom stereocenters. The van der Waals surface area contributed by atoms with Gasteiger partial charge >= 0.3 is 18.1 Å². The summed E-state index contributed by atoms with van der Waals surface area (Å²) in [7, 11) is 0. The number of nitrogens with zero attached hydrogens (tertiary/aromatic N) is 7. The second-order valence-corrected chi connectivity index (χ2v) is 13.1. The molecule has 284 valence electrons. The molecule has 4 aliphatic rings. The highest BCUT2D eigenvalue weighted by Crippen LogP contribution is 2.32. The number of hydrogen-bond acceptors (Lipinski definition) is 11. The van der Waals surface area contributed by atoms with Gasteiger partial charge in [0, 0.05) is 60.4 Å². The monoisotopic (exact) mass is 754 g/mol. The van der Waals surface area contributed by atoms with Gasteiger partial charge < -0.3 is 31.9 Å². The lowest BCUT2D eigenvalue weighted by Gasteiger charge is -2.37. The summed E-state index contributed by atoms with van der Waals surface area (Å²) in [4.78, 5) is 81.9. The quantitative estimate of drug-likeness (QED) is 0.116. The lowest BCUT2D eigenvalue weighted by atomic mass is 9.87. The number of amides is 8. The van der Waals surface area contributed by atoms with Crippen molar-refractivity contribution in [3.05, 3.63) is 96.8 Å². The minimum atomic E-state index is -1.03. The fourth-order valence-corrected chi connectivity index (χ4v) is 6.61. The predicted molar refractivity (Wildman–Crippen MR) is 207 cm³/mol. The fraction of sp³-hybridized carbons (Fsp3) is 0.256. The van der Waals surface area contributed by atoms with Crippen molar-refractivity contribution < 1.29 is 24.0 Å². The highest BCUT2D eigenvalue weighted by molar-refractivity contribution is 6.23. The van der Waals surface area contributed by atoms with Gasteiger partial charge in [0.1, 0.15) is 11.1 Å². The normalized spacial score (nSPS) is 17.7. The SMILES string of the molecule is C#Cc1cccc(N)c1.C#Cc1cccc(NC(=O)N2CCC3(CC2)NC(=O)N(c2cnccn2)C3=O)c1.O=C1NC2(CCNCC2)C(=O)N1c1cnccn1. The summed E-state index contributed by atoms with van der Waals surface area (Å²) < 4.78 is 0. The van der Waals surface area contributed by atoms with Gasteiger partial charge in [0.25, 0.3) is 11.8 Å². The van der Waals surface area contributed by atoms with Gasteiger partial charge in [-0.1, -0.05) is 24.0 Å². The number of hydrogen-bond donors (Lipinski definition) is 5. The van der Waals surface area contributed by atoms with Crippen molar-refractivity contribution in [2.24, 2.45) is 0 Å². The molecule has 6 heterocycles. The number of piperidine rings is 2. The first-order chi connectivity index (χ1) is 27.1. The number of anilines is 4. The van der Waals surface area contributed by atoms with Crippen molar-refractivity contribution >= 4 is 52.9 Å². The maximum absolute atomic E-state index is 13.0. The number of nitrogens with two attached hydrogens (primary N) is 1. The first-order valence-electron chi connectivity index (χ1n) is 17.6. The van der Waals surface area contributed by atoms with Crippen LogP contribution >= 0.6 is 0 Å². The maximum Gasteiger partial charge on any atom is 0.330 e. The molecule has 4 aromatic rings. The van der Waals surface area contributed by atoms with E-state index in [4.69, 9.17) is 18.6 Å². The lowest BCUT2D eigenvalue weighted by Crippen LogP contribution is -2.56. The number of nitrogens with one attached hydrogen (secondary N) is 4. The molecule has 4 saturated heterocycles. The van der Waals surface area contributed by atoms with Gasteiger partial charge in [-0.25, -0.2) is 34.2 Å². The highest BCUT2D eigenvalue weighted by Gasteiger charge is 2.54. The lowest BCUT2D eigenvalue weighted by molar-refractivity contribution is -0.124. The van der Waals surface area contributed by atoms with E-state index in [2.05, 4.69) is 53.0 Å². The van der Waals surface area contributed by atoms with Crippen molar-refractivity contribution in [2.45, 2.75) is 36.8 Å². The third kappa shape index (κ3) is 8.23. The van der Waals surface area contributed by atoms with Crippen LogP contribution in [0.25, 0.3) is 0 Å². The Labute approximate surface area is 322 Å². The summed E-state index contributed by atoms with van der Waals surface area (Å²) in [5.41, 5.74) is 6.46. The molecule has 4 aliphatic heterocycles. The van der Waals surface area contributed by atoms with E-state index in [1.54, 1.807) is 41.3 Å². The van der Waals surface area contributed by atoms with Crippen molar-refractivity contribution in [2.75, 3.05) is 47.0 Å². The molecule has 2 aromatic heterocycles. The van der Waals surface area contributed by atoms with Gasteiger partial charge in [-0.15, -0.1) is 12.8 Å². The van der Waals surface area contributed by atoms with Crippen LogP contribution in [0.15, 0.2) is 85.7 Å². The second-order valence-electron chi connectivity index (χ2n) is 13.1. The summed E-state index contributed by atoms with van der Waals surface area (Å²) in [6, 6.07) is 13.0. The van der Waals surface area contributed by atoms with Gasteiger partial charge in [0.15, 0.2) is 11.6 Å². The van der Waals surface area contributed by atoms with Crippen LogP contribution in [0.1, 0.15) is 36.8 Å². The summed E-state index contributed by atoms with van der Waals surface area (Å²) in [6.45, 7) is 2.09. The zero-order valence-corrected chi connectivity index (χ0v) is 30.1. The molecule has 56 heavy (non-hydrogen) atoms. The Bertz CT molecular complexity index is 2190. The Balaban J connectivity index is 0.000000166. The number of benzene rings is 2. The fourth-order valence-electron chi connectivity index (χ4n) is 6.61. The molecule has 6 N–H and O–H groups in total. The molecule has 17 heteroatoms. The third-order valence-corrected chi connectivity index (χ3v) is 9.58. The number of imide groups is 2. The molecule has 0 radical (unpaired) electrons. The number of nitrogen functional groups attached to an aromatic ring is 1.